The summed E-state index contributed by atoms with van der Waals surface area (Å²) in [7, 11) is 0. The number of hydrogen-bond acceptors (Lipinski definition) is 2. The Balaban J connectivity index is 2.23. The number of nitrogens with zero attached hydrogens (tertiary/aromatic N) is 1. The minimum atomic E-state index is 0.321. The van der Waals surface area contributed by atoms with Crippen LogP contribution in [0.5, 0.6) is 0 Å². The summed E-state index contributed by atoms with van der Waals surface area (Å²) in [5.41, 5.74) is 4.05. The van der Waals surface area contributed by atoms with E-state index in [0.29, 0.717) is 12.5 Å². The molecule has 1 aromatic carbocycles. The first-order valence-corrected chi connectivity index (χ1v) is 5.64. The Morgan fingerprint density at radius 2 is 2.00 bits per heavy atom. The van der Waals surface area contributed by atoms with Gasteiger partial charge in [0.2, 0.25) is 0 Å². The van der Waals surface area contributed by atoms with Gasteiger partial charge in [0.15, 0.2) is 0 Å². The maximum atomic E-state index is 9.14. The summed E-state index contributed by atoms with van der Waals surface area (Å²) >= 11 is 0. The summed E-state index contributed by atoms with van der Waals surface area (Å²) in [6.45, 7) is 6.73. The smallest absolute Gasteiger partial charge is 0.0476 e. The number of rotatable bonds is 2. The van der Waals surface area contributed by atoms with Crippen molar-refractivity contribution in [3.05, 3.63) is 29.3 Å². The van der Waals surface area contributed by atoms with Crippen LogP contribution in [0.15, 0.2) is 18.2 Å². The van der Waals surface area contributed by atoms with Gasteiger partial charge in [-0.15, -0.1) is 0 Å². The topological polar surface area (TPSA) is 23.5 Å². The molecule has 0 saturated carbocycles. The quantitative estimate of drug-likeness (QED) is 0.799. The molecular formula is C13H19NO. The molecule has 0 aromatic heterocycles. The molecular weight excluding hydrogens is 186 g/mol. The fraction of sp³-hybridized carbons (Fsp3) is 0.538. The molecule has 0 bridgehead atoms. The van der Waals surface area contributed by atoms with E-state index in [1.54, 1.807) is 0 Å². The van der Waals surface area contributed by atoms with Crippen LogP contribution in [0.3, 0.4) is 0 Å². The van der Waals surface area contributed by atoms with Crippen molar-refractivity contribution in [1.29, 1.82) is 0 Å². The number of benzene rings is 1. The molecule has 82 valence electrons. The van der Waals surface area contributed by atoms with Gasteiger partial charge in [0, 0.05) is 31.3 Å². The van der Waals surface area contributed by atoms with Crippen LogP contribution in [0.25, 0.3) is 0 Å². The lowest BCUT2D eigenvalue weighted by Gasteiger charge is -2.23. The van der Waals surface area contributed by atoms with Crippen LogP contribution in [0, 0.1) is 19.8 Å². The molecule has 1 fully saturated rings. The SMILES string of the molecule is Cc1cccc(C)c1N1CC[C@@H](CO)C1. The van der Waals surface area contributed by atoms with E-state index in [1.165, 1.54) is 16.8 Å². The molecule has 1 aliphatic heterocycles. The van der Waals surface area contributed by atoms with Crippen molar-refractivity contribution in [2.75, 3.05) is 24.6 Å². The number of aliphatic hydroxyl groups excluding tert-OH is 1. The van der Waals surface area contributed by atoms with Crippen LogP contribution in [-0.2, 0) is 0 Å². The van der Waals surface area contributed by atoms with Gasteiger partial charge in [0.1, 0.15) is 0 Å². The first-order chi connectivity index (χ1) is 7.22. The van der Waals surface area contributed by atoms with E-state index in [4.69, 9.17) is 5.11 Å². The van der Waals surface area contributed by atoms with E-state index in [2.05, 4.69) is 36.9 Å². The van der Waals surface area contributed by atoms with Crippen molar-refractivity contribution in [1.82, 2.24) is 0 Å². The van der Waals surface area contributed by atoms with Crippen molar-refractivity contribution in [3.63, 3.8) is 0 Å². The minimum absolute atomic E-state index is 0.321. The lowest BCUT2D eigenvalue weighted by atomic mass is 10.1. The second kappa shape index (κ2) is 4.23. The largest absolute Gasteiger partial charge is 0.396 e. The first kappa shape index (κ1) is 10.5. The van der Waals surface area contributed by atoms with Gasteiger partial charge in [-0.25, -0.2) is 0 Å². The van der Waals surface area contributed by atoms with Crippen molar-refractivity contribution in [3.8, 4) is 0 Å². The van der Waals surface area contributed by atoms with Crippen LogP contribution >= 0.6 is 0 Å². The van der Waals surface area contributed by atoms with E-state index < -0.39 is 0 Å². The molecule has 0 unspecified atom stereocenters. The zero-order chi connectivity index (χ0) is 10.8. The van der Waals surface area contributed by atoms with Gasteiger partial charge in [-0.1, -0.05) is 18.2 Å². The minimum Gasteiger partial charge on any atom is -0.396 e. The monoisotopic (exact) mass is 205 g/mol. The Kier molecular flexibility index (Phi) is 2.96. The second-order valence-electron chi connectivity index (χ2n) is 4.52. The summed E-state index contributed by atoms with van der Waals surface area (Å²) in [4.78, 5) is 2.41. The summed E-state index contributed by atoms with van der Waals surface area (Å²) in [6, 6.07) is 6.43. The Morgan fingerprint density at radius 1 is 1.33 bits per heavy atom. The molecule has 1 aliphatic rings. The predicted molar refractivity (Wildman–Crippen MR) is 63.3 cm³/mol. The zero-order valence-corrected chi connectivity index (χ0v) is 9.53. The third-order valence-electron chi connectivity index (χ3n) is 3.30. The summed E-state index contributed by atoms with van der Waals surface area (Å²) in [6.07, 6.45) is 1.12. The molecule has 0 aliphatic carbocycles. The molecule has 2 rings (SSSR count). The van der Waals surface area contributed by atoms with Gasteiger partial charge in [-0.2, -0.15) is 0 Å². The fourth-order valence-electron chi connectivity index (χ4n) is 2.49. The Labute approximate surface area is 91.5 Å². The predicted octanol–water partition coefficient (Wildman–Crippen LogP) is 2.12. The molecule has 1 saturated heterocycles. The van der Waals surface area contributed by atoms with Crippen LogP contribution < -0.4 is 4.90 Å². The van der Waals surface area contributed by atoms with Gasteiger partial charge in [-0.3, -0.25) is 0 Å². The first-order valence-electron chi connectivity index (χ1n) is 5.64. The highest BCUT2D eigenvalue weighted by Gasteiger charge is 2.23. The zero-order valence-electron chi connectivity index (χ0n) is 9.53. The van der Waals surface area contributed by atoms with Gasteiger partial charge in [0.05, 0.1) is 0 Å². The summed E-state index contributed by atoms with van der Waals surface area (Å²) in [5.74, 6) is 0.462. The maximum absolute atomic E-state index is 9.14. The van der Waals surface area contributed by atoms with E-state index in [0.717, 1.165) is 19.5 Å². The normalized spacial score (nSPS) is 21.0. The van der Waals surface area contributed by atoms with Crippen LogP contribution in [0.1, 0.15) is 17.5 Å². The van der Waals surface area contributed by atoms with Crippen molar-refractivity contribution in [2.24, 2.45) is 5.92 Å². The Bertz CT molecular complexity index is 328. The molecule has 2 heteroatoms. The van der Waals surface area contributed by atoms with Crippen LogP contribution in [0.4, 0.5) is 5.69 Å². The molecule has 1 atom stereocenters. The van der Waals surface area contributed by atoms with Crippen LogP contribution in [-0.4, -0.2) is 24.8 Å². The molecule has 1 heterocycles. The lowest BCUT2D eigenvalue weighted by molar-refractivity contribution is 0.238. The number of aryl methyl sites for hydroxylation is 2. The van der Waals surface area contributed by atoms with Gasteiger partial charge in [-0.05, 0) is 31.4 Å². The fourth-order valence-corrected chi connectivity index (χ4v) is 2.49. The second-order valence-corrected chi connectivity index (χ2v) is 4.52. The van der Waals surface area contributed by atoms with E-state index in [-0.39, 0.29) is 0 Å². The van der Waals surface area contributed by atoms with E-state index >= 15 is 0 Å². The number of para-hydroxylation sites is 1. The number of anilines is 1. The number of aliphatic hydroxyl groups is 1. The van der Waals surface area contributed by atoms with Gasteiger partial charge >= 0.3 is 0 Å². The molecule has 1 aromatic rings. The standard InChI is InChI=1S/C13H19NO/c1-10-4-3-5-11(2)13(10)14-7-6-12(8-14)9-15/h3-5,12,15H,6-9H2,1-2H3/t12-/m1/s1. The molecule has 1 N–H and O–H groups in total. The van der Waals surface area contributed by atoms with Crippen LogP contribution in [0.2, 0.25) is 0 Å². The lowest BCUT2D eigenvalue weighted by Crippen LogP contribution is -2.22. The van der Waals surface area contributed by atoms with E-state index in [1.807, 2.05) is 0 Å². The highest BCUT2D eigenvalue weighted by molar-refractivity contribution is 5.59. The molecule has 0 radical (unpaired) electrons. The third kappa shape index (κ3) is 2.00. The maximum Gasteiger partial charge on any atom is 0.0476 e. The van der Waals surface area contributed by atoms with Crippen molar-refractivity contribution >= 4 is 5.69 Å². The average molecular weight is 205 g/mol. The highest BCUT2D eigenvalue weighted by atomic mass is 16.3. The number of hydrogen-bond donors (Lipinski definition) is 1. The van der Waals surface area contributed by atoms with Crippen molar-refractivity contribution < 1.29 is 5.11 Å². The molecule has 0 spiro atoms. The Hall–Kier alpha value is -1.02. The van der Waals surface area contributed by atoms with Crippen molar-refractivity contribution in [2.45, 2.75) is 20.3 Å². The highest BCUT2D eigenvalue weighted by Crippen LogP contribution is 2.29. The average Bonchev–Trinajstić information content (AvgIpc) is 2.66. The Morgan fingerprint density at radius 3 is 2.53 bits per heavy atom. The summed E-state index contributed by atoms with van der Waals surface area (Å²) in [5, 5.41) is 9.14. The molecule has 0 amide bonds. The third-order valence-corrected chi connectivity index (χ3v) is 3.30. The van der Waals surface area contributed by atoms with Gasteiger partial charge in [0.25, 0.3) is 0 Å². The molecule has 2 nitrogen and oxygen atoms in total. The van der Waals surface area contributed by atoms with E-state index in [9.17, 15) is 0 Å². The molecule has 15 heavy (non-hydrogen) atoms. The summed E-state index contributed by atoms with van der Waals surface area (Å²) < 4.78 is 0. The van der Waals surface area contributed by atoms with Gasteiger partial charge < -0.3 is 10.0 Å².